The fourth-order valence-corrected chi connectivity index (χ4v) is 2.02. The Bertz CT molecular complexity index is 543. The molecule has 1 N–H and O–H groups in total. The second-order valence-corrected chi connectivity index (χ2v) is 4.53. The van der Waals surface area contributed by atoms with E-state index in [9.17, 15) is 0 Å². The first kappa shape index (κ1) is 14.3. The molecule has 0 fully saturated rings. The molecule has 0 aliphatic carbocycles. The standard InChI is InChI=1S/C16H20N2O2/c1-12(15-6-4-5-9-17-15)18-11-13-10-14(19-2)7-8-16(13)20-3/h4-10,12,18H,11H2,1-3H3. The molecule has 20 heavy (non-hydrogen) atoms. The average Bonchev–Trinajstić information content (AvgIpc) is 2.53. The van der Waals surface area contributed by atoms with Gasteiger partial charge < -0.3 is 14.8 Å². The van der Waals surface area contributed by atoms with Crippen molar-refractivity contribution in [2.75, 3.05) is 14.2 Å². The lowest BCUT2D eigenvalue weighted by atomic mass is 10.1. The highest BCUT2D eigenvalue weighted by Gasteiger charge is 2.09. The minimum Gasteiger partial charge on any atom is -0.497 e. The van der Waals surface area contributed by atoms with Crippen LogP contribution in [-0.2, 0) is 6.54 Å². The van der Waals surface area contributed by atoms with Gasteiger partial charge in [-0.15, -0.1) is 0 Å². The van der Waals surface area contributed by atoms with Crippen molar-refractivity contribution < 1.29 is 9.47 Å². The van der Waals surface area contributed by atoms with E-state index in [0.717, 1.165) is 22.8 Å². The quantitative estimate of drug-likeness (QED) is 0.878. The Kier molecular flexibility index (Phi) is 4.96. The van der Waals surface area contributed by atoms with E-state index in [-0.39, 0.29) is 6.04 Å². The molecule has 0 aliphatic rings. The number of rotatable bonds is 6. The molecular weight excluding hydrogens is 252 g/mol. The molecule has 1 unspecified atom stereocenters. The third-order valence-corrected chi connectivity index (χ3v) is 3.22. The van der Waals surface area contributed by atoms with Gasteiger partial charge in [0.1, 0.15) is 11.5 Å². The van der Waals surface area contributed by atoms with Crippen molar-refractivity contribution in [3.8, 4) is 11.5 Å². The van der Waals surface area contributed by atoms with Crippen molar-refractivity contribution in [3.05, 3.63) is 53.9 Å². The van der Waals surface area contributed by atoms with Crippen LogP contribution in [0.15, 0.2) is 42.6 Å². The van der Waals surface area contributed by atoms with Crippen LogP contribution < -0.4 is 14.8 Å². The molecule has 1 aromatic heterocycles. The van der Waals surface area contributed by atoms with Crippen LogP contribution in [0.1, 0.15) is 24.2 Å². The number of nitrogens with zero attached hydrogens (tertiary/aromatic N) is 1. The highest BCUT2D eigenvalue weighted by molar-refractivity contribution is 5.40. The number of methoxy groups -OCH3 is 2. The Morgan fingerprint density at radius 2 is 2.00 bits per heavy atom. The lowest BCUT2D eigenvalue weighted by molar-refractivity contribution is 0.395. The van der Waals surface area contributed by atoms with Gasteiger partial charge in [-0.25, -0.2) is 0 Å². The molecule has 0 spiro atoms. The third-order valence-electron chi connectivity index (χ3n) is 3.22. The highest BCUT2D eigenvalue weighted by Crippen LogP contribution is 2.24. The Morgan fingerprint density at radius 1 is 1.15 bits per heavy atom. The van der Waals surface area contributed by atoms with E-state index in [1.807, 2.05) is 36.4 Å². The summed E-state index contributed by atoms with van der Waals surface area (Å²) in [5, 5.41) is 3.44. The van der Waals surface area contributed by atoms with Crippen LogP contribution in [0.3, 0.4) is 0 Å². The molecule has 2 rings (SSSR count). The number of ether oxygens (including phenoxy) is 2. The largest absolute Gasteiger partial charge is 0.497 e. The van der Waals surface area contributed by atoms with E-state index < -0.39 is 0 Å². The molecule has 4 nitrogen and oxygen atoms in total. The second-order valence-electron chi connectivity index (χ2n) is 4.53. The predicted octanol–water partition coefficient (Wildman–Crippen LogP) is 2.95. The number of nitrogens with one attached hydrogen (secondary N) is 1. The van der Waals surface area contributed by atoms with E-state index in [1.165, 1.54) is 0 Å². The van der Waals surface area contributed by atoms with Crippen LogP contribution >= 0.6 is 0 Å². The van der Waals surface area contributed by atoms with Gasteiger partial charge in [0.15, 0.2) is 0 Å². The van der Waals surface area contributed by atoms with E-state index >= 15 is 0 Å². The van der Waals surface area contributed by atoms with E-state index in [4.69, 9.17) is 9.47 Å². The first-order valence-corrected chi connectivity index (χ1v) is 6.60. The fraction of sp³-hybridized carbons (Fsp3) is 0.312. The Labute approximate surface area is 119 Å². The molecule has 1 aromatic carbocycles. The normalized spacial score (nSPS) is 11.9. The molecular formula is C16H20N2O2. The lowest BCUT2D eigenvalue weighted by Crippen LogP contribution is -2.19. The van der Waals surface area contributed by atoms with Crippen molar-refractivity contribution in [1.82, 2.24) is 10.3 Å². The summed E-state index contributed by atoms with van der Waals surface area (Å²) in [5.41, 5.74) is 2.09. The van der Waals surface area contributed by atoms with Gasteiger partial charge in [-0.1, -0.05) is 6.07 Å². The van der Waals surface area contributed by atoms with Gasteiger partial charge in [-0.3, -0.25) is 4.98 Å². The van der Waals surface area contributed by atoms with Gasteiger partial charge in [0, 0.05) is 24.3 Å². The maximum Gasteiger partial charge on any atom is 0.123 e. The van der Waals surface area contributed by atoms with Gasteiger partial charge in [0.05, 0.1) is 19.9 Å². The average molecular weight is 272 g/mol. The zero-order valence-electron chi connectivity index (χ0n) is 12.1. The number of aromatic nitrogens is 1. The Hall–Kier alpha value is -2.07. The smallest absolute Gasteiger partial charge is 0.123 e. The van der Waals surface area contributed by atoms with Crippen molar-refractivity contribution in [2.45, 2.75) is 19.5 Å². The third kappa shape index (κ3) is 3.48. The van der Waals surface area contributed by atoms with Crippen LogP contribution in [-0.4, -0.2) is 19.2 Å². The lowest BCUT2D eigenvalue weighted by Gasteiger charge is -2.15. The molecule has 106 valence electrons. The zero-order valence-corrected chi connectivity index (χ0v) is 12.1. The van der Waals surface area contributed by atoms with Gasteiger partial charge in [-0.2, -0.15) is 0 Å². The Morgan fingerprint density at radius 3 is 2.65 bits per heavy atom. The second kappa shape index (κ2) is 6.91. The highest BCUT2D eigenvalue weighted by atomic mass is 16.5. The molecule has 0 saturated carbocycles. The van der Waals surface area contributed by atoms with Crippen LogP contribution in [0.5, 0.6) is 11.5 Å². The van der Waals surface area contributed by atoms with Crippen LogP contribution in [0, 0.1) is 0 Å². The molecule has 2 aromatic rings. The monoisotopic (exact) mass is 272 g/mol. The topological polar surface area (TPSA) is 43.4 Å². The molecule has 0 amide bonds. The van der Waals surface area contributed by atoms with Crippen molar-refractivity contribution >= 4 is 0 Å². The van der Waals surface area contributed by atoms with Crippen LogP contribution in [0.4, 0.5) is 0 Å². The van der Waals surface area contributed by atoms with Crippen molar-refractivity contribution in [2.24, 2.45) is 0 Å². The molecule has 4 heteroatoms. The van der Waals surface area contributed by atoms with E-state index in [2.05, 4.69) is 17.2 Å². The minimum absolute atomic E-state index is 0.173. The number of hydrogen-bond acceptors (Lipinski definition) is 4. The fourth-order valence-electron chi connectivity index (χ4n) is 2.02. The summed E-state index contributed by atoms with van der Waals surface area (Å²) in [6.07, 6.45) is 1.81. The zero-order chi connectivity index (χ0) is 14.4. The maximum atomic E-state index is 5.37. The van der Waals surface area contributed by atoms with Gasteiger partial charge >= 0.3 is 0 Å². The van der Waals surface area contributed by atoms with E-state index in [1.54, 1.807) is 20.4 Å². The molecule has 0 aliphatic heterocycles. The first-order valence-electron chi connectivity index (χ1n) is 6.60. The Balaban J connectivity index is 2.06. The summed E-state index contributed by atoms with van der Waals surface area (Å²) in [7, 11) is 3.34. The summed E-state index contributed by atoms with van der Waals surface area (Å²) >= 11 is 0. The minimum atomic E-state index is 0.173. The number of benzene rings is 1. The van der Waals surface area contributed by atoms with Gasteiger partial charge in [-0.05, 0) is 37.3 Å². The molecule has 1 atom stereocenters. The molecule has 1 heterocycles. The van der Waals surface area contributed by atoms with Crippen LogP contribution in [0.25, 0.3) is 0 Å². The number of hydrogen-bond donors (Lipinski definition) is 1. The van der Waals surface area contributed by atoms with Gasteiger partial charge in [0.25, 0.3) is 0 Å². The molecule has 0 bridgehead atoms. The molecule has 0 saturated heterocycles. The van der Waals surface area contributed by atoms with E-state index in [0.29, 0.717) is 6.54 Å². The van der Waals surface area contributed by atoms with Crippen molar-refractivity contribution in [1.29, 1.82) is 0 Å². The van der Waals surface area contributed by atoms with Crippen molar-refractivity contribution in [3.63, 3.8) is 0 Å². The van der Waals surface area contributed by atoms with Crippen LogP contribution in [0.2, 0.25) is 0 Å². The summed E-state index contributed by atoms with van der Waals surface area (Å²) in [4.78, 5) is 4.35. The summed E-state index contributed by atoms with van der Waals surface area (Å²) < 4.78 is 10.6. The molecule has 0 radical (unpaired) electrons. The van der Waals surface area contributed by atoms with Gasteiger partial charge in [0.2, 0.25) is 0 Å². The summed E-state index contributed by atoms with van der Waals surface area (Å²) in [6, 6.07) is 11.9. The maximum absolute atomic E-state index is 5.37. The summed E-state index contributed by atoms with van der Waals surface area (Å²) in [5.74, 6) is 1.68. The first-order chi connectivity index (χ1) is 9.74. The predicted molar refractivity (Wildman–Crippen MR) is 79.0 cm³/mol. The summed E-state index contributed by atoms with van der Waals surface area (Å²) in [6.45, 7) is 2.78. The number of pyridine rings is 1. The SMILES string of the molecule is COc1ccc(OC)c(CNC(C)c2ccccn2)c1.